The molecular weight excluding hydrogens is 781 g/mol. The molecular formula is C49H58O8S2. The smallest absolute Gasteiger partial charge is 0.340 e. The van der Waals surface area contributed by atoms with Crippen LogP contribution in [0.15, 0.2) is 130 Å². The predicted molar refractivity (Wildman–Crippen MR) is 236 cm³/mol. The zero-order chi connectivity index (χ0) is 41.9. The van der Waals surface area contributed by atoms with E-state index in [1.54, 1.807) is 72.8 Å². The molecule has 59 heavy (non-hydrogen) atoms. The normalized spacial score (nSPS) is 12.0. The standard InChI is InChI=1S/C49H58O8S2/c1-3-5-7-11-18-39(50)19-12-8-9-17-32-55-36-37-24-30-46(51)45(34-37)49(52)44-23-16-15-22-43(44)38-25-31-47(58-42-28-26-40(27-29-42)56-33-6-4-2)48(35-38)59(53,54)57-41-20-13-10-14-21-41/h10,13-16,20-31,34-35,49,51-52H,3-9,11-12,17-19,32-33,36H2,1-2H3. The largest absolute Gasteiger partial charge is 0.508 e. The van der Waals surface area contributed by atoms with Crippen molar-refractivity contribution in [2.75, 3.05) is 13.2 Å². The average molecular weight is 839 g/mol. The van der Waals surface area contributed by atoms with Crippen molar-refractivity contribution in [3.63, 3.8) is 0 Å². The van der Waals surface area contributed by atoms with Crippen molar-refractivity contribution in [3.8, 4) is 28.4 Å². The number of ether oxygens (including phenoxy) is 2. The Morgan fingerprint density at radius 1 is 0.678 bits per heavy atom. The highest BCUT2D eigenvalue weighted by molar-refractivity contribution is 8.00. The lowest BCUT2D eigenvalue weighted by Crippen LogP contribution is -2.11. The van der Waals surface area contributed by atoms with Gasteiger partial charge >= 0.3 is 10.1 Å². The first-order valence-electron chi connectivity index (χ1n) is 20.9. The number of hydrogen-bond acceptors (Lipinski definition) is 9. The Morgan fingerprint density at radius 2 is 1.37 bits per heavy atom. The van der Waals surface area contributed by atoms with Gasteiger partial charge in [-0.3, -0.25) is 4.79 Å². The molecule has 0 spiro atoms. The lowest BCUT2D eigenvalue weighted by Gasteiger charge is -2.19. The van der Waals surface area contributed by atoms with Crippen molar-refractivity contribution in [1.82, 2.24) is 0 Å². The molecule has 0 aliphatic heterocycles. The number of carbonyl (C=O) groups excluding carboxylic acids is 1. The Labute approximate surface area is 355 Å². The summed E-state index contributed by atoms with van der Waals surface area (Å²) in [4.78, 5) is 13.4. The number of benzene rings is 5. The van der Waals surface area contributed by atoms with E-state index in [0.717, 1.165) is 67.6 Å². The van der Waals surface area contributed by atoms with Gasteiger partial charge in [0.15, 0.2) is 0 Å². The highest BCUT2D eigenvalue weighted by Crippen LogP contribution is 2.40. The maximum Gasteiger partial charge on any atom is 0.340 e. The summed E-state index contributed by atoms with van der Waals surface area (Å²) >= 11 is 1.30. The van der Waals surface area contributed by atoms with Crippen molar-refractivity contribution in [2.24, 2.45) is 0 Å². The van der Waals surface area contributed by atoms with Crippen molar-refractivity contribution in [2.45, 2.75) is 118 Å². The van der Waals surface area contributed by atoms with Gasteiger partial charge in [-0.1, -0.05) is 119 Å². The minimum absolute atomic E-state index is 0.0234. The number of rotatable bonds is 26. The summed E-state index contributed by atoms with van der Waals surface area (Å²) in [5, 5.41) is 22.8. The van der Waals surface area contributed by atoms with Crippen LogP contribution in [0.25, 0.3) is 11.1 Å². The molecule has 10 heteroatoms. The van der Waals surface area contributed by atoms with E-state index in [4.69, 9.17) is 13.7 Å². The molecule has 0 aromatic heterocycles. The fourth-order valence-corrected chi connectivity index (χ4v) is 8.98. The molecule has 2 N–H and O–H groups in total. The quantitative estimate of drug-likeness (QED) is 0.0414. The molecule has 0 heterocycles. The van der Waals surface area contributed by atoms with Crippen LogP contribution in [0.4, 0.5) is 0 Å². The number of phenolic OH excluding ortho intramolecular Hbond substituents is 1. The van der Waals surface area contributed by atoms with Gasteiger partial charge in [-0.15, -0.1) is 0 Å². The van der Waals surface area contributed by atoms with E-state index in [0.29, 0.717) is 65.6 Å². The summed E-state index contributed by atoms with van der Waals surface area (Å²) in [6.07, 6.45) is 10.4. The zero-order valence-corrected chi connectivity index (χ0v) is 35.9. The summed E-state index contributed by atoms with van der Waals surface area (Å²) in [7, 11) is -4.32. The van der Waals surface area contributed by atoms with E-state index >= 15 is 0 Å². The first-order valence-corrected chi connectivity index (χ1v) is 23.1. The van der Waals surface area contributed by atoms with Gasteiger partial charge in [-0.05, 0) is 109 Å². The van der Waals surface area contributed by atoms with E-state index in [1.807, 2.05) is 42.5 Å². The number of aliphatic hydroxyl groups excluding tert-OH is 1. The van der Waals surface area contributed by atoms with Gasteiger partial charge in [0.2, 0.25) is 0 Å². The Morgan fingerprint density at radius 3 is 2.12 bits per heavy atom. The molecule has 5 rings (SSSR count). The molecule has 5 aromatic rings. The van der Waals surface area contributed by atoms with Crippen LogP contribution >= 0.6 is 11.8 Å². The molecule has 5 aromatic carbocycles. The molecule has 0 aliphatic rings. The van der Waals surface area contributed by atoms with E-state index in [9.17, 15) is 23.4 Å². The SMILES string of the molecule is CCCCCCC(=O)CCCCCCOCc1ccc(O)c(C(O)c2ccccc2-c2ccc(Sc3ccc(OCCCC)cc3)c(S(=O)(=O)Oc3ccccc3)c2)c1. The summed E-state index contributed by atoms with van der Waals surface area (Å²) in [5.74, 6) is 1.24. The van der Waals surface area contributed by atoms with E-state index < -0.39 is 16.2 Å². The third kappa shape index (κ3) is 14.3. The Hall–Kier alpha value is -4.61. The Kier molecular flexibility index (Phi) is 18.4. The highest BCUT2D eigenvalue weighted by Gasteiger charge is 2.25. The first kappa shape index (κ1) is 45.5. The topological polar surface area (TPSA) is 119 Å². The number of unbranched alkanes of at least 4 members (excludes halogenated alkanes) is 7. The van der Waals surface area contributed by atoms with Gasteiger partial charge in [0, 0.05) is 34.8 Å². The Bertz CT molecular complexity index is 2150. The molecule has 0 radical (unpaired) electrons. The molecule has 0 aliphatic carbocycles. The monoisotopic (exact) mass is 838 g/mol. The molecule has 0 fully saturated rings. The lowest BCUT2D eigenvalue weighted by atomic mass is 9.92. The fourth-order valence-electron chi connectivity index (χ4n) is 6.69. The molecule has 8 nitrogen and oxygen atoms in total. The van der Waals surface area contributed by atoms with Gasteiger partial charge in [-0.2, -0.15) is 8.42 Å². The van der Waals surface area contributed by atoms with Gasteiger partial charge in [0.25, 0.3) is 0 Å². The molecule has 0 saturated carbocycles. The summed E-state index contributed by atoms with van der Waals surface area (Å²) in [6.45, 7) is 5.79. The summed E-state index contributed by atoms with van der Waals surface area (Å²) < 4.78 is 45.4. The second-order valence-corrected chi connectivity index (χ2v) is 17.4. The Balaban J connectivity index is 1.29. The molecule has 314 valence electrons. The zero-order valence-electron chi connectivity index (χ0n) is 34.3. The molecule has 1 unspecified atom stereocenters. The van der Waals surface area contributed by atoms with Gasteiger partial charge in [0.1, 0.15) is 34.0 Å². The highest BCUT2D eigenvalue weighted by atomic mass is 32.2. The predicted octanol–water partition coefficient (Wildman–Crippen LogP) is 12.2. The van der Waals surface area contributed by atoms with Gasteiger partial charge < -0.3 is 23.9 Å². The molecule has 0 bridgehead atoms. The summed E-state index contributed by atoms with van der Waals surface area (Å²) in [5.41, 5.74) is 2.75. The average Bonchev–Trinajstić information content (AvgIpc) is 3.24. The lowest BCUT2D eigenvalue weighted by molar-refractivity contribution is -0.119. The third-order valence-electron chi connectivity index (χ3n) is 10.0. The van der Waals surface area contributed by atoms with Crippen molar-refractivity contribution in [3.05, 3.63) is 132 Å². The number of aliphatic hydroxyl groups is 1. The fraction of sp³-hybridized carbons (Fsp3) is 0.367. The maximum absolute atomic E-state index is 14.0. The number of hydrogen-bond donors (Lipinski definition) is 2. The van der Waals surface area contributed by atoms with Crippen LogP contribution < -0.4 is 8.92 Å². The van der Waals surface area contributed by atoms with Crippen molar-refractivity contribution < 1.29 is 37.1 Å². The number of Topliss-reactive ketones (excluding diaryl/α,β-unsaturated/α-hetero) is 1. The third-order valence-corrected chi connectivity index (χ3v) is 12.5. The van der Waals surface area contributed by atoms with Crippen LogP contribution in [0.2, 0.25) is 0 Å². The summed E-state index contributed by atoms with van der Waals surface area (Å²) in [6, 6.07) is 33.4. The number of ketones is 1. The van der Waals surface area contributed by atoms with Crippen molar-refractivity contribution >= 4 is 27.7 Å². The van der Waals surface area contributed by atoms with E-state index in [2.05, 4.69) is 13.8 Å². The maximum atomic E-state index is 14.0. The number of phenols is 1. The van der Waals surface area contributed by atoms with Crippen LogP contribution in [-0.4, -0.2) is 37.6 Å². The second-order valence-electron chi connectivity index (χ2n) is 14.7. The molecule has 1 atom stereocenters. The van der Waals surface area contributed by atoms with Crippen LogP contribution in [0.3, 0.4) is 0 Å². The van der Waals surface area contributed by atoms with Crippen LogP contribution in [0.1, 0.15) is 114 Å². The molecule has 0 saturated heterocycles. The number of carbonyl (C=O) groups is 1. The second kappa shape index (κ2) is 23.8. The van der Waals surface area contributed by atoms with Gasteiger partial charge in [0.05, 0.1) is 13.2 Å². The van der Waals surface area contributed by atoms with Crippen LogP contribution in [-0.2, 0) is 26.3 Å². The minimum Gasteiger partial charge on any atom is -0.508 e. The molecule has 0 amide bonds. The number of aromatic hydroxyl groups is 1. The minimum atomic E-state index is -4.32. The van der Waals surface area contributed by atoms with E-state index in [1.165, 1.54) is 24.6 Å². The number of para-hydroxylation sites is 1. The van der Waals surface area contributed by atoms with E-state index in [-0.39, 0.29) is 16.4 Å². The van der Waals surface area contributed by atoms with Crippen LogP contribution in [0.5, 0.6) is 17.2 Å². The van der Waals surface area contributed by atoms with Crippen LogP contribution in [0, 0.1) is 0 Å². The first-order chi connectivity index (χ1) is 28.7. The van der Waals surface area contributed by atoms with Crippen molar-refractivity contribution in [1.29, 1.82) is 0 Å². The van der Waals surface area contributed by atoms with Gasteiger partial charge in [-0.25, -0.2) is 0 Å².